The van der Waals surface area contributed by atoms with E-state index in [4.69, 9.17) is 10.5 Å². The molecule has 0 aromatic heterocycles. The van der Waals surface area contributed by atoms with E-state index < -0.39 is 6.09 Å². The van der Waals surface area contributed by atoms with Crippen LogP contribution in [0, 0.1) is 0 Å². The second-order valence-electron chi connectivity index (χ2n) is 3.73. The van der Waals surface area contributed by atoms with Crippen LogP contribution < -0.4 is 10.5 Å². The molecule has 96 valence electrons. The molecule has 5 nitrogen and oxygen atoms in total. The summed E-state index contributed by atoms with van der Waals surface area (Å²) in [5.41, 5.74) is 6.49. The van der Waals surface area contributed by atoms with E-state index in [1.165, 1.54) is 0 Å². The standard InChI is InChI=1S/C14H12N2O3/c15-14(17)19-12-9-5-4-8-11(12)13(16-18)10-6-2-1-3-7-10/h1-9,18H,(H2,15,17)/b16-13+. The number of hydrogen-bond donors (Lipinski definition) is 2. The molecule has 19 heavy (non-hydrogen) atoms. The van der Waals surface area contributed by atoms with Crippen molar-refractivity contribution in [1.82, 2.24) is 0 Å². The molecule has 0 unspecified atom stereocenters. The highest BCUT2D eigenvalue weighted by molar-refractivity contribution is 6.14. The summed E-state index contributed by atoms with van der Waals surface area (Å²) in [5, 5.41) is 12.5. The molecule has 0 atom stereocenters. The van der Waals surface area contributed by atoms with Gasteiger partial charge >= 0.3 is 6.09 Å². The summed E-state index contributed by atoms with van der Waals surface area (Å²) in [5.74, 6) is 0.242. The first-order valence-electron chi connectivity index (χ1n) is 5.56. The molecule has 5 heteroatoms. The third-order valence-electron chi connectivity index (χ3n) is 2.50. The van der Waals surface area contributed by atoms with Crippen LogP contribution >= 0.6 is 0 Å². The minimum absolute atomic E-state index is 0.242. The maximum atomic E-state index is 10.9. The summed E-state index contributed by atoms with van der Waals surface area (Å²) in [4.78, 5) is 10.9. The van der Waals surface area contributed by atoms with Crippen LogP contribution in [0.3, 0.4) is 0 Å². The molecule has 2 rings (SSSR count). The summed E-state index contributed by atoms with van der Waals surface area (Å²) >= 11 is 0. The first-order valence-corrected chi connectivity index (χ1v) is 5.56. The van der Waals surface area contributed by atoms with E-state index in [1.54, 1.807) is 36.4 Å². The van der Waals surface area contributed by atoms with Crippen LogP contribution in [0.25, 0.3) is 0 Å². The van der Waals surface area contributed by atoms with Gasteiger partial charge in [-0.2, -0.15) is 0 Å². The number of primary amides is 1. The Morgan fingerprint density at radius 1 is 1.05 bits per heavy atom. The third kappa shape index (κ3) is 2.90. The zero-order chi connectivity index (χ0) is 13.7. The van der Waals surface area contributed by atoms with Crippen molar-refractivity contribution >= 4 is 11.8 Å². The van der Waals surface area contributed by atoms with Gasteiger partial charge in [0.15, 0.2) is 0 Å². The van der Waals surface area contributed by atoms with E-state index in [9.17, 15) is 10.0 Å². The van der Waals surface area contributed by atoms with Crippen LogP contribution in [0.5, 0.6) is 5.75 Å². The maximum absolute atomic E-state index is 10.9. The summed E-state index contributed by atoms with van der Waals surface area (Å²) in [6.45, 7) is 0. The zero-order valence-electron chi connectivity index (χ0n) is 9.98. The number of nitrogens with zero attached hydrogens (tertiary/aromatic N) is 1. The summed E-state index contributed by atoms with van der Waals surface area (Å²) in [7, 11) is 0. The van der Waals surface area contributed by atoms with Gasteiger partial charge in [-0.1, -0.05) is 47.6 Å². The molecule has 0 heterocycles. The smallest absolute Gasteiger partial charge is 0.409 e. The van der Waals surface area contributed by atoms with Crippen molar-refractivity contribution < 1.29 is 14.7 Å². The van der Waals surface area contributed by atoms with Gasteiger partial charge in [-0.25, -0.2) is 4.79 Å². The number of rotatable bonds is 3. The Morgan fingerprint density at radius 3 is 2.32 bits per heavy atom. The maximum Gasteiger partial charge on any atom is 0.409 e. The van der Waals surface area contributed by atoms with Gasteiger partial charge in [0, 0.05) is 11.1 Å². The van der Waals surface area contributed by atoms with E-state index >= 15 is 0 Å². The molecular weight excluding hydrogens is 244 g/mol. The Morgan fingerprint density at radius 2 is 1.68 bits per heavy atom. The first kappa shape index (κ1) is 12.6. The first-order chi connectivity index (χ1) is 9.22. The SMILES string of the molecule is NC(=O)Oc1ccccc1/C(=N/O)c1ccccc1. The van der Waals surface area contributed by atoms with E-state index in [0.717, 1.165) is 0 Å². The van der Waals surface area contributed by atoms with Crippen LogP contribution in [0.4, 0.5) is 4.79 Å². The van der Waals surface area contributed by atoms with E-state index in [-0.39, 0.29) is 5.75 Å². The molecule has 0 aliphatic rings. The summed E-state index contributed by atoms with van der Waals surface area (Å²) in [6.07, 6.45) is -0.919. The predicted molar refractivity (Wildman–Crippen MR) is 70.5 cm³/mol. The van der Waals surface area contributed by atoms with Gasteiger partial charge in [-0.3, -0.25) is 0 Å². The normalized spacial score (nSPS) is 11.1. The molecule has 3 N–H and O–H groups in total. The Kier molecular flexibility index (Phi) is 3.78. The number of benzene rings is 2. The lowest BCUT2D eigenvalue weighted by molar-refractivity contribution is 0.210. The predicted octanol–water partition coefficient (Wildman–Crippen LogP) is 2.37. The molecule has 0 bridgehead atoms. The summed E-state index contributed by atoms with van der Waals surface area (Å²) in [6, 6.07) is 15.8. The van der Waals surface area contributed by atoms with Gasteiger partial charge in [-0.15, -0.1) is 0 Å². The van der Waals surface area contributed by atoms with Crippen LogP contribution in [-0.2, 0) is 0 Å². The zero-order valence-corrected chi connectivity index (χ0v) is 9.98. The molecule has 0 saturated carbocycles. The Balaban J connectivity index is 2.48. The minimum Gasteiger partial charge on any atom is -0.410 e. The average molecular weight is 256 g/mol. The van der Waals surface area contributed by atoms with Crippen molar-refractivity contribution in [2.24, 2.45) is 10.9 Å². The van der Waals surface area contributed by atoms with Crippen molar-refractivity contribution in [2.45, 2.75) is 0 Å². The summed E-state index contributed by atoms with van der Waals surface area (Å²) < 4.78 is 4.90. The van der Waals surface area contributed by atoms with Gasteiger partial charge in [0.25, 0.3) is 0 Å². The van der Waals surface area contributed by atoms with Crippen molar-refractivity contribution in [3.05, 3.63) is 65.7 Å². The monoisotopic (exact) mass is 256 g/mol. The highest BCUT2D eigenvalue weighted by atomic mass is 16.5. The Hall–Kier alpha value is -2.82. The Bertz CT molecular complexity index is 609. The van der Waals surface area contributed by atoms with Gasteiger partial charge in [0.2, 0.25) is 0 Å². The minimum atomic E-state index is -0.919. The number of oxime groups is 1. The largest absolute Gasteiger partial charge is 0.410 e. The highest BCUT2D eigenvalue weighted by Gasteiger charge is 2.14. The molecule has 1 amide bonds. The van der Waals surface area contributed by atoms with Crippen LogP contribution in [-0.4, -0.2) is 17.0 Å². The molecule has 0 fully saturated rings. The molecular formula is C14H12N2O3. The van der Waals surface area contributed by atoms with Crippen molar-refractivity contribution in [3.63, 3.8) is 0 Å². The molecule has 0 aliphatic heterocycles. The number of amides is 1. The highest BCUT2D eigenvalue weighted by Crippen LogP contribution is 2.22. The van der Waals surface area contributed by atoms with Crippen molar-refractivity contribution in [3.8, 4) is 5.75 Å². The van der Waals surface area contributed by atoms with E-state index in [2.05, 4.69) is 5.16 Å². The quantitative estimate of drug-likeness (QED) is 0.502. The van der Waals surface area contributed by atoms with E-state index in [1.807, 2.05) is 18.2 Å². The number of hydrogen-bond acceptors (Lipinski definition) is 4. The molecule has 2 aromatic rings. The molecule has 0 radical (unpaired) electrons. The second kappa shape index (κ2) is 5.68. The number of nitrogens with two attached hydrogens (primary N) is 1. The fraction of sp³-hybridized carbons (Fsp3) is 0. The number of carbonyl (C=O) groups excluding carboxylic acids is 1. The van der Waals surface area contributed by atoms with Gasteiger partial charge in [0.1, 0.15) is 11.5 Å². The van der Waals surface area contributed by atoms with Crippen LogP contribution in [0.1, 0.15) is 11.1 Å². The number of ether oxygens (including phenoxy) is 1. The average Bonchev–Trinajstić information content (AvgIpc) is 2.42. The fourth-order valence-electron chi connectivity index (χ4n) is 1.72. The van der Waals surface area contributed by atoms with Gasteiger partial charge in [0.05, 0.1) is 0 Å². The third-order valence-corrected chi connectivity index (χ3v) is 2.50. The lowest BCUT2D eigenvalue weighted by atomic mass is 10.0. The molecule has 0 spiro atoms. The Labute approximate surface area is 109 Å². The second-order valence-corrected chi connectivity index (χ2v) is 3.73. The number of para-hydroxylation sites is 1. The number of carbonyl (C=O) groups is 1. The fourth-order valence-corrected chi connectivity index (χ4v) is 1.72. The van der Waals surface area contributed by atoms with Crippen LogP contribution in [0.2, 0.25) is 0 Å². The van der Waals surface area contributed by atoms with Gasteiger partial charge < -0.3 is 15.7 Å². The lowest BCUT2D eigenvalue weighted by Crippen LogP contribution is -2.18. The molecule has 0 saturated heterocycles. The van der Waals surface area contributed by atoms with E-state index in [0.29, 0.717) is 16.8 Å². The molecule has 2 aromatic carbocycles. The molecule has 0 aliphatic carbocycles. The topological polar surface area (TPSA) is 84.9 Å². The lowest BCUT2D eigenvalue weighted by Gasteiger charge is -2.09. The van der Waals surface area contributed by atoms with Gasteiger partial charge in [-0.05, 0) is 12.1 Å². The van der Waals surface area contributed by atoms with Crippen molar-refractivity contribution in [1.29, 1.82) is 0 Å². The van der Waals surface area contributed by atoms with Crippen molar-refractivity contribution in [2.75, 3.05) is 0 Å². The van der Waals surface area contributed by atoms with Crippen LogP contribution in [0.15, 0.2) is 59.8 Å².